The molecule has 2 aromatic heterocycles. The number of nitrogens with zero attached hydrogens (tertiary/aromatic N) is 1. The Labute approximate surface area is 120 Å². The van der Waals surface area contributed by atoms with Crippen LogP contribution in [0.3, 0.4) is 0 Å². The lowest BCUT2D eigenvalue weighted by Crippen LogP contribution is -2.32. The number of thiophene rings is 1. The molecule has 0 spiro atoms. The SMILES string of the molecule is CC(C)(CNCc1csc(C(=O)O)n1)c1cccs1. The van der Waals surface area contributed by atoms with Crippen LogP contribution in [0.25, 0.3) is 0 Å². The molecule has 102 valence electrons. The summed E-state index contributed by atoms with van der Waals surface area (Å²) in [5.74, 6) is -0.963. The molecule has 4 nitrogen and oxygen atoms in total. The van der Waals surface area contributed by atoms with E-state index in [2.05, 4.69) is 41.7 Å². The number of hydrogen-bond donors (Lipinski definition) is 2. The Balaban J connectivity index is 1.87. The maximum atomic E-state index is 10.7. The van der Waals surface area contributed by atoms with Gasteiger partial charge in [-0.15, -0.1) is 22.7 Å². The number of carbonyl (C=O) groups is 1. The van der Waals surface area contributed by atoms with Crippen molar-refractivity contribution < 1.29 is 9.90 Å². The van der Waals surface area contributed by atoms with E-state index < -0.39 is 5.97 Å². The van der Waals surface area contributed by atoms with Gasteiger partial charge in [0.1, 0.15) is 0 Å². The fraction of sp³-hybridized carbons (Fsp3) is 0.385. The van der Waals surface area contributed by atoms with Crippen LogP contribution < -0.4 is 5.32 Å². The molecular formula is C13H16N2O2S2. The Morgan fingerprint density at radius 1 is 1.47 bits per heavy atom. The lowest BCUT2D eigenvalue weighted by atomic mass is 9.91. The summed E-state index contributed by atoms with van der Waals surface area (Å²) in [6, 6.07) is 4.19. The smallest absolute Gasteiger partial charge is 0.365 e. The molecule has 0 saturated carbocycles. The third-order valence-corrected chi connectivity index (χ3v) is 4.91. The van der Waals surface area contributed by atoms with Gasteiger partial charge in [0, 0.05) is 28.8 Å². The molecule has 19 heavy (non-hydrogen) atoms. The normalized spacial score (nSPS) is 11.7. The predicted molar refractivity (Wildman–Crippen MR) is 78.1 cm³/mol. The number of aromatic nitrogens is 1. The second kappa shape index (κ2) is 5.81. The lowest BCUT2D eigenvalue weighted by molar-refractivity contribution is 0.0696. The molecule has 2 aromatic rings. The van der Waals surface area contributed by atoms with Crippen LogP contribution in [0, 0.1) is 0 Å². The van der Waals surface area contributed by atoms with Crippen molar-refractivity contribution in [3.05, 3.63) is 38.5 Å². The zero-order chi connectivity index (χ0) is 13.9. The van der Waals surface area contributed by atoms with Crippen LogP contribution in [-0.2, 0) is 12.0 Å². The van der Waals surface area contributed by atoms with Gasteiger partial charge >= 0.3 is 5.97 Å². The molecule has 0 unspecified atom stereocenters. The average molecular weight is 296 g/mol. The first-order valence-corrected chi connectivity index (χ1v) is 7.67. The first-order chi connectivity index (χ1) is 8.99. The Morgan fingerprint density at radius 2 is 2.26 bits per heavy atom. The third kappa shape index (κ3) is 3.62. The highest BCUT2D eigenvalue weighted by molar-refractivity contribution is 7.11. The van der Waals surface area contributed by atoms with E-state index >= 15 is 0 Å². The minimum absolute atomic E-state index is 0.0693. The third-order valence-electron chi connectivity index (χ3n) is 2.80. The molecule has 2 N–H and O–H groups in total. The molecule has 0 saturated heterocycles. The standard InChI is InChI=1S/C13H16N2O2S2/c1-13(2,10-4-3-5-18-10)8-14-6-9-7-19-11(15-9)12(16)17/h3-5,7,14H,6,8H2,1-2H3,(H,16,17). The van der Waals surface area contributed by atoms with Crippen molar-refractivity contribution in [2.45, 2.75) is 25.8 Å². The maximum absolute atomic E-state index is 10.7. The molecule has 0 aliphatic carbocycles. The van der Waals surface area contributed by atoms with Crippen LogP contribution >= 0.6 is 22.7 Å². The van der Waals surface area contributed by atoms with Gasteiger partial charge in [0.25, 0.3) is 0 Å². The number of carboxylic acids is 1. The van der Waals surface area contributed by atoms with Crippen molar-refractivity contribution >= 4 is 28.6 Å². The largest absolute Gasteiger partial charge is 0.476 e. The summed E-state index contributed by atoms with van der Waals surface area (Å²) >= 11 is 2.92. The van der Waals surface area contributed by atoms with Crippen LogP contribution in [0.15, 0.2) is 22.9 Å². The van der Waals surface area contributed by atoms with Gasteiger partial charge < -0.3 is 10.4 Å². The van der Waals surface area contributed by atoms with E-state index in [1.165, 1.54) is 4.88 Å². The molecule has 6 heteroatoms. The molecule has 0 atom stereocenters. The van der Waals surface area contributed by atoms with Crippen LogP contribution in [0.5, 0.6) is 0 Å². The number of rotatable bonds is 6. The highest BCUT2D eigenvalue weighted by Crippen LogP contribution is 2.26. The second-order valence-electron chi connectivity index (χ2n) is 4.91. The van der Waals surface area contributed by atoms with E-state index in [1.54, 1.807) is 16.7 Å². The molecule has 0 aliphatic rings. The quantitative estimate of drug-likeness (QED) is 0.860. The van der Waals surface area contributed by atoms with Crippen LogP contribution in [-0.4, -0.2) is 22.6 Å². The van der Waals surface area contributed by atoms with Crippen molar-refractivity contribution in [3.8, 4) is 0 Å². The molecule has 0 radical (unpaired) electrons. The highest BCUT2D eigenvalue weighted by Gasteiger charge is 2.21. The first kappa shape index (κ1) is 14.2. The number of carboxylic acid groups (broad SMARTS) is 1. The zero-order valence-electron chi connectivity index (χ0n) is 10.8. The summed E-state index contributed by atoms with van der Waals surface area (Å²) in [5, 5.41) is 16.2. The molecule has 0 amide bonds. The zero-order valence-corrected chi connectivity index (χ0v) is 12.5. The van der Waals surface area contributed by atoms with E-state index in [0.29, 0.717) is 6.54 Å². The van der Waals surface area contributed by atoms with Gasteiger partial charge in [0.15, 0.2) is 0 Å². The predicted octanol–water partition coefficient (Wildman–Crippen LogP) is 2.97. The number of hydrogen-bond acceptors (Lipinski definition) is 5. The van der Waals surface area contributed by atoms with E-state index in [-0.39, 0.29) is 10.4 Å². The van der Waals surface area contributed by atoms with Gasteiger partial charge in [-0.2, -0.15) is 0 Å². The Hall–Kier alpha value is -1.24. The van der Waals surface area contributed by atoms with Crippen LogP contribution in [0.1, 0.15) is 34.2 Å². The monoisotopic (exact) mass is 296 g/mol. The number of nitrogens with one attached hydrogen (secondary N) is 1. The van der Waals surface area contributed by atoms with E-state index in [9.17, 15) is 4.79 Å². The summed E-state index contributed by atoms with van der Waals surface area (Å²) in [4.78, 5) is 16.1. The second-order valence-corrected chi connectivity index (χ2v) is 6.72. The summed E-state index contributed by atoms with van der Waals surface area (Å²) in [6.45, 7) is 5.80. The van der Waals surface area contributed by atoms with Crippen LogP contribution in [0.2, 0.25) is 0 Å². The van der Waals surface area contributed by atoms with Crippen molar-refractivity contribution in [1.29, 1.82) is 0 Å². The highest BCUT2D eigenvalue weighted by atomic mass is 32.1. The fourth-order valence-corrected chi connectivity index (χ4v) is 3.25. The fourth-order valence-electron chi connectivity index (χ4n) is 1.74. The molecular weight excluding hydrogens is 280 g/mol. The van der Waals surface area contributed by atoms with Gasteiger partial charge in [-0.25, -0.2) is 9.78 Å². The van der Waals surface area contributed by atoms with Gasteiger partial charge in [0.2, 0.25) is 5.01 Å². The maximum Gasteiger partial charge on any atom is 0.365 e. The van der Waals surface area contributed by atoms with Gasteiger partial charge in [0.05, 0.1) is 5.69 Å². The Bertz CT molecular complexity index is 547. The number of aromatic carboxylic acids is 1. The van der Waals surface area contributed by atoms with Gasteiger partial charge in [-0.3, -0.25) is 0 Å². The molecule has 2 heterocycles. The summed E-state index contributed by atoms with van der Waals surface area (Å²) in [6.07, 6.45) is 0. The van der Waals surface area contributed by atoms with Crippen LogP contribution in [0.4, 0.5) is 0 Å². The molecule has 0 aliphatic heterocycles. The molecule has 0 fully saturated rings. The van der Waals surface area contributed by atoms with Gasteiger partial charge in [-0.05, 0) is 11.4 Å². The number of thiazole rings is 1. The lowest BCUT2D eigenvalue weighted by Gasteiger charge is -2.23. The summed E-state index contributed by atoms with van der Waals surface area (Å²) < 4.78 is 0. The van der Waals surface area contributed by atoms with E-state index in [0.717, 1.165) is 23.6 Å². The van der Waals surface area contributed by atoms with E-state index in [1.807, 2.05) is 0 Å². The summed E-state index contributed by atoms with van der Waals surface area (Å²) in [7, 11) is 0. The summed E-state index contributed by atoms with van der Waals surface area (Å²) in [5.41, 5.74) is 0.851. The Kier molecular flexibility index (Phi) is 4.34. The minimum Gasteiger partial charge on any atom is -0.476 e. The average Bonchev–Trinajstić information content (AvgIpc) is 3.00. The van der Waals surface area contributed by atoms with Crippen molar-refractivity contribution in [3.63, 3.8) is 0 Å². The first-order valence-electron chi connectivity index (χ1n) is 5.91. The van der Waals surface area contributed by atoms with E-state index in [4.69, 9.17) is 5.11 Å². The minimum atomic E-state index is -0.963. The Morgan fingerprint density at radius 3 is 2.84 bits per heavy atom. The molecule has 0 aromatic carbocycles. The molecule has 0 bridgehead atoms. The van der Waals surface area contributed by atoms with Crippen molar-refractivity contribution in [1.82, 2.24) is 10.3 Å². The van der Waals surface area contributed by atoms with Gasteiger partial charge in [-0.1, -0.05) is 19.9 Å². The molecule has 2 rings (SSSR count). The topological polar surface area (TPSA) is 62.2 Å². The van der Waals surface area contributed by atoms with Crippen molar-refractivity contribution in [2.24, 2.45) is 0 Å². The van der Waals surface area contributed by atoms with Crippen molar-refractivity contribution in [2.75, 3.05) is 6.54 Å².